The molecule has 3 N–H and O–H groups in total. The smallest absolute Gasteiger partial charge is 0.391 e. The van der Waals surface area contributed by atoms with Crippen molar-refractivity contribution in [2.75, 3.05) is 40.9 Å². The molecule has 0 aliphatic heterocycles. The van der Waals surface area contributed by atoms with E-state index >= 15 is 0 Å². The number of hydrogen-bond donors (Lipinski definition) is 3. The Bertz CT molecular complexity index is 1230. The number of carbonyl (C=O) groups excluding carboxylic acids is 1. The van der Waals surface area contributed by atoms with Crippen molar-refractivity contribution in [3.05, 3.63) is 48.6 Å². The molecule has 0 radical (unpaired) electrons. The number of unbranched alkanes of at least 4 members (excludes halogenated alkanes) is 31. The van der Waals surface area contributed by atoms with Crippen LogP contribution in [0.4, 0.5) is 0 Å². The molecular formula is C58H112N2O6P+. The highest BCUT2D eigenvalue weighted by atomic mass is 31.2. The van der Waals surface area contributed by atoms with E-state index in [4.69, 9.17) is 9.05 Å². The number of amides is 1. The van der Waals surface area contributed by atoms with Gasteiger partial charge in [0.05, 0.1) is 39.9 Å². The van der Waals surface area contributed by atoms with Crippen LogP contribution in [0.1, 0.15) is 264 Å². The molecule has 0 aliphatic rings. The fourth-order valence-corrected chi connectivity index (χ4v) is 9.13. The van der Waals surface area contributed by atoms with Gasteiger partial charge in [-0.1, -0.05) is 255 Å². The first-order valence-corrected chi connectivity index (χ1v) is 30.0. The molecule has 0 aliphatic carbocycles. The van der Waals surface area contributed by atoms with Gasteiger partial charge >= 0.3 is 7.82 Å². The fourth-order valence-electron chi connectivity index (χ4n) is 8.39. The molecule has 0 aromatic rings. The first-order chi connectivity index (χ1) is 32.5. The maximum atomic E-state index is 12.8. The molecule has 394 valence electrons. The van der Waals surface area contributed by atoms with Crippen molar-refractivity contribution in [3.8, 4) is 0 Å². The molecule has 67 heavy (non-hydrogen) atoms. The number of phosphoric acid groups is 1. The quantitative estimate of drug-likeness (QED) is 0.0243. The molecule has 0 aromatic carbocycles. The summed E-state index contributed by atoms with van der Waals surface area (Å²) in [4.78, 5) is 23.0. The maximum absolute atomic E-state index is 12.8. The lowest BCUT2D eigenvalue weighted by Gasteiger charge is -2.26. The van der Waals surface area contributed by atoms with E-state index in [-0.39, 0.29) is 19.1 Å². The average molecular weight is 965 g/mol. The minimum atomic E-state index is -4.30. The lowest BCUT2D eigenvalue weighted by molar-refractivity contribution is -0.870. The lowest BCUT2D eigenvalue weighted by Crippen LogP contribution is -2.46. The molecule has 0 bridgehead atoms. The highest BCUT2D eigenvalue weighted by molar-refractivity contribution is 7.47. The molecule has 0 saturated heterocycles. The molecule has 9 heteroatoms. The Hall–Kier alpha value is -1.54. The molecule has 3 atom stereocenters. The van der Waals surface area contributed by atoms with Crippen LogP contribution < -0.4 is 5.32 Å². The number of rotatable bonds is 52. The molecule has 0 fully saturated rings. The van der Waals surface area contributed by atoms with E-state index < -0.39 is 20.0 Å². The van der Waals surface area contributed by atoms with Crippen molar-refractivity contribution in [1.29, 1.82) is 0 Å². The van der Waals surface area contributed by atoms with Crippen LogP contribution >= 0.6 is 7.82 Å². The number of carbonyl (C=O) groups is 1. The van der Waals surface area contributed by atoms with Crippen LogP contribution in [-0.4, -0.2) is 73.4 Å². The van der Waals surface area contributed by atoms with E-state index in [1.54, 1.807) is 0 Å². The Morgan fingerprint density at radius 3 is 1.30 bits per heavy atom. The van der Waals surface area contributed by atoms with Crippen LogP contribution in [0.25, 0.3) is 0 Å². The van der Waals surface area contributed by atoms with Gasteiger partial charge in [-0.05, 0) is 51.4 Å². The number of nitrogens with zero attached hydrogens (tertiary/aromatic N) is 1. The zero-order valence-electron chi connectivity index (χ0n) is 44.9. The minimum absolute atomic E-state index is 0.0750. The first kappa shape index (κ1) is 65.5. The van der Waals surface area contributed by atoms with Crippen molar-refractivity contribution in [1.82, 2.24) is 5.32 Å². The summed E-state index contributed by atoms with van der Waals surface area (Å²) in [7, 11) is 1.62. The SMILES string of the molecule is CC/C=C\C/C=C\C/C=C\C/C=C\CCCCCCCCCCCCCCCCCCCCCCCCCCCCCCC(=O)NC(COP(=O)(O)OCC[N+](C)(C)C)C(O)CCCCCC. The largest absolute Gasteiger partial charge is 0.472 e. The molecule has 0 heterocycles. The fraction of sp³-hybridized carbons (Fsp3) is 0.845. The highest BCUT2D eigenvalue weighted by Gasteiger charge is 2.28. The van der Waals surface area contributed by atoms with Gasteiger partial charge in [-0.15, -0.1) is 0 Å². The predicted octanol–water partition coefficient (Wildman–Crippen LogP) is 17.2. The van der Waals surface area contributed by atoms with Gasteiger partial charge in [0.2, 0.25) is 5.91 Å². The zero-order valence-corrected chi connectivity index (χ0v) is 45.8. The Morgan fingerprint density at radius 2 is 0.896 bits per heavy atom. The number of phosphoric ester groups is 1. The molecule has 8 nitrogen and oxygen atoms in total. The lowest BCUT2D eigenvalue weighted by atomic mass is 10.0. The third-order valence-corrected chi connectivity index (χ3v) is 13.8. The molecular weight excluding hydrogens is 852 g/mol. The Labute approximate surface area is 416 Å². The van der Waals surface area contributed by atoms with Gasteiger partial charge in [0.1, 0.15) is 13.2 Å². The number of quaternary nitrogens is 1. The van der Waals surface area contributed by atoms with Gasteiger partial charge in [-0.2, -0.15) is 0 Å². The number of likely N-dealkylation sites (N-methyl/N-ethyl adjacent to an activating group) is 1. The third-order valence-electron chi connectivity index (χ3n) is 12.8. The molecule has 0 saturated carbocycles. The van der Waals surface area contributed by atoms with E-state index in [9.17, 15) is 19.4 Å². The van der Waals surface area contributed by atoms with Gasteiger partial charge < -0.3 is 19.8 Å². The average Bonchev–Trinajstić information content (AvgIpc) is 3.29. The van der Waals surface area contributed by atoms with Crippen molar-refractivity contribution in [3.63, 3.8) is 0 Å². The summed E-state index contributed by atoms with van der Waals surface area (Å²) in [5.74, 6) is -0.150. The molecule has 0 aromatic heterocycles. The topological polar surface area (TPSA) is 105 Å². The van der Waals surface area contributed by atoms with Crippen LogP contribution in [0.3, 0.4) is 0 Å². The zero-order chi connectivity index (χ0) is 49.2. The summed E-state index contributed by atoms with van der Waals surface area (Å²) in [6, 6.07) is -0.753. The van der Waals surface area contributed by atoms with Gasteiger partial charge in [0.15, 0.2) is 0 Å². The van der Waals surface area contributed by atoms with Crippen LogP contribution in [0.2, 0.25) is 0 Å². The van der Waals surface area contributed by atoms with Crippen molar-refractivity contribution < 1.29 is 32.9 Å². The molecule has 3 unspecified atom stereocenters. The van der Waals surface area contributed by atoms with E-state index in [2.05, 4.69) is 67.8 Å². The predicted molar refractivity (Wildman–Crippen MR) is 291 cm³/mol. The van der Waals surface area contributed by atoms with E-state index in [0.29, 0.717) is 23.9 Å². The van der Waals surface area contributed by atoms with Gasteiger partial charge in [-0.3, -0.25) is 13.8 Å². The maximum Gasteiger partial charge on any atom is 0.472 e. The summed E-state index contributed by atoms with van der Waals surface area (Å²) in [5, 5.41) is 13.7. The second-order valence-electron chi connectivity index (χ2n) is 20.6. The summed E-state index contributed by atoms with van der Waals surface area (Å²) < 4.78 is 23.4. The van der Waals surface area contributed by atoms with Crippen LogP contribution in [-0.2, 0) is 18.4 Å². The Balaban J connectivity index is 3.60. The summed E-state index contributed by atoms with van der Waals surface area (Å²) in [6.07, 6.45) is 65.6. The second-order valence-corrected chi connectivity index (χ2v) is 22.1. The third kappa shape index (κ3) is 52.1. The standard InChI is InChI=1S/C58H111N2O6P/c1-6-8-10-12-13-14-15-16-17-18-19-20-21-22-23-24-25-26-27-28-29-30-31-32-33-34-35-36-37-38-39-40-41-42-43-44-45-46-47-48-50-52-58(62)59-56(57(61)51-49-11-9-7-2)55-66-67(63,64)65-54-53-60(3,4)5/h8,10,13-14,16-17,19-20,56-57,61H,6-7,9,11-12,15,18,21-55H2,1-5H3,(H-,59,62,63,64)/p+1/b10-8-,14-13-,17-16-,20-19-. The van der Waals surface area contributed by atoms with Gasteiger partial charge in [0.25, 0.3) is 0 Å². The van der Waals surface area contributed by atoms with Crippen molar-refractivity contribution in [2.45, 2.75) is 276 Å². The number of allylic oxidation sites excluding steroid dienone is 8. The Morgan fingerprint density at radius 1 is 0.522 bits per heavy atom. The minimum Gasteiger partial charge on any atom is -0.391 e. The normalized spacial score (nSPS) is 14.3. The van der Waals surface area contributed by atoms with Crippen molar-refractivity contribution in [2.24, 2.45) is 0 Å². The number of nitrogens with one attached hydrogen (secondary N) is 1. The second kappa shape index (κ2) is 49.4. The van der Waals surface area contributed by atoms with Crippen molar-refractivity contribution >= 4 is 13.7 Å². The van der Waals surface area contributed by atoms with E-state index in [0.717, 1.165) is 70.6 Å². The first-order valence-electron chi connectivity index (χ1n) is 28.5. The van der Waals surface area contributed by atoms with E-state index in [1.165, 1.54) is 167 Å². The van der Waals surface area contributed by atoms with Crippen LogP contribution in [0, 0.1) is 0 Å². The molecule has 1 amide bonds. The molecule has 0 spiro atoms. The number of aliphatic hydroxyl groups is 1. The Kier molecular flexibility index (Phi) is 48.3. The summed E-state index contributed by atoms with van der Waals surface area (Å²) in [6.45, 7) is 4.67. The van der Waals surface area contributed by atoms with E-state index in [1.807, 2.05) is 21.1 Å². The van der Waals surface area contributed by atoms with Crippen LogP contribution in [0.5, 0.6) is 0 Å². The summed E-state index contributed by atoms with van der Waals surface area (Å²) >= 11 is 0. The van der Waals surface area contributed by atoms with Gasteiger partial charge in [0, 0.05) is 6.42 Å². The number of aliphatic hydroxyl groups excluding tert-OH is 1. The van der Waals surface area contributed by atoms with Gasteiger partial charge in [-0.25, -0.2) is 4.57 Å². The monoisotopic (exact) mass is 964 g/mol. The number of hydrogen-bond acceptors (Lipinski definition) is 5. The summed E-state index contributed by atoms with van der Waals surface area (Å²) in [5.41, 5.74) is 0. The molecule has 0 rings (SSSR count). The van der Waals surface area contributed by atoms with Crippen LogP contribution in [0.15, 0.2) is 48.6 Å². The highest BCUT2D eigenvalue weighted by Crippen LogP contribution is 2.43.